The maximum atomic E-state index is 12.2. The van der Waals surface area contributed by atoms with Crippen molar-refractivity contribution in [2.24, 2.45) is 0 Å². The van der Waals surface area contributed by atoms with E-state index in [1.54, 1.807) is 24.5 Å². The van der Waals surface area contributed by atoms with E-state index in [1.807, 2.05) is 13.0 Å². The summed E-state index contributed by atoms with van der Waals surface area (Å²) in [6.45, 7) is 6.20. The quantitative estimate of drug-likeness (QED) is 0.638. The molecule has 0 bridgehead atoms. The Hall–Kier alpha value is -2.40. The molecule has 1 aliphatic rings. The van der Waals surface area contributed by atoms with Gasteiger partial charge in [0.2, 0.25) is 0 Å². The van der Waals surface area contributed by atoms with Gasteiger partial charge >= 0.3 is 5.63 Å². The molecule has 3 rings (SSSR count). The number of aromatic hydroxyl groups is 1. The van der Waals surface area contributed by atoms with Crippen LogP contribution in [0.25, 0.3) is 11.3 Å². The fourth-order valence-corrected chi connectivity index (χ4v) is 2.82. The molecule has 25 heavy (non-hydrogen) atoms. The number of hydrogen-bond acceptors (Lipinski definition) is 5. The van der Waals surface area contributed by atoms with Crippen molar-refractivity contribution >= 4 is 0 Å². The Bertz CT molecular complexity index is 837. The van der Waals surface area contributed by atoms with Crippen LogP contribution in [0.5, 0.6) is 5.75 Å². The molecule has 0 saturated carbocycles. The summed E-state index contributed by atoms with van der Waals surface area (Å²) in [5.74, 6) is 0.263. The maximum absolute atomic E-state index is 12.2. The summed E-state index contributed by atoms with van der Waals surface area (Å²) in [6.07, 6.45) is 7.73. The number of epoxide rings is 1. The summed E-state index contributed by atoms with van der Waals surface area (Å²) in [4.78, 5) is 16.2. The van der Waals surface area contributed by atoms with E-state index in [4.69, 9.17) is 9.15 Å². The monoisotopic (exact) mass is 341 g/mol. The molecule has 0 aliphatic carbocycles. The second-order valence-electron chi connectivity index (χ2n) is 7.01. The number of allylic oxidation sites excluding steroid dienone is 2. The molecule has 132 valence electrons. The van der Waals surface area contributed by atoms with Crippen LogP contribution in [0.2, 0.25) is 0 Å². The topological polar surface area (TPSA) is 75.9 Å². The van der Waals surface area contributed by atoms with Crippen LogP contribution in [0.15, 0.2) is 51.5 Å². The van der Waals surface area contributed by atoms with Crippen molar-refractivity contribution < 1.29 is 14.3 Å². The fourth-order valence-electron chi connectivity index (χ4n) is 2.82. The zero-order chi connectivity index (χ0) is 18.0. The Morgan fingerprint density at radius 3 is 2.80 bits per heavy atom. The van der Waals surface area contributed by atoms with E-state index < -0.39 is 5.63 Å². The van der Waals surface area contributed by atoms with Crippen LogP contribution < -0.4 is 5.63 Å². The Morgan fingerprint density at radius 2 is 2.20 bits per heavy atom. The molecule has 0 amide bonds. The summed E-state index contributed by atoms with van der Waals surface area (Å²) in [7, 11) is 0. The SMILES string of the molecule is C/C(=C\Cc1c(O)cc(-c2cccnc2)oc1=O)CCC1OC1(C)C. The minimum absolute atomic E-state index is 0.00173. The third-order valence-electron chi connectivity index (χ3n) is 4.59. The number of hydrogen-bond donors (Lipinski definition) is 1. The number of ether oxygens (including phenoxy) is 1. The molecule has 5 heteroatoms. The van der Waals surface area contributed by atoms with Crippen molar-refractivity contribution in [3.63, 3.8) is 0 Å². The summed E-state index contributed by atoms with van der Waals surface area (Å²) in [5.41, 5.74) is 1.58. The van der Waals surface area contributed by atoms with Gasteiger partial charge in [-0.2, -0.15) is 0 Å². The van der Waals surface area contributed by atoms with Crippen LogP contribution in [-0.4, -0.2) is 21.8 Å². The van der Waals surface area contributed by atoms with E-state index in [-0.39, 0.29) is 16.9 Å². The van der Waals surface area contributed by atoms with E-state index in [0.29, 0.717) is 23.8 Å². The fraction of sp³-hybridized carbons (Fsp3) is 0.400. The predicted molar refractivity (Wildman–Crippen MR) is 95.5 cm³/mol. The first-order valence-corrected chi connectivity index (χ1v) is 8.46. The number of rotatable bonds is 6. The van der Waals surface area contributed by atoms with Gasteiger partial charge in [-0.25, -0.2) is 4.79 Å². The molecule has 1 fully saturated rings. The van der Waals surface area contributed by atoms with Gasteiger partial charge < -0.3 is 14.3 Å². The molecule has 0 spiro atoms. The molecule has 5 nitrogen and oxygen atoms in total. The van der Waals surface area contributed by atoms with Crippen LogP contribution in [0, 0.1) is 0 Å². The Balaban J connectivity index is 1.68. The van der Waals surface area contributed by atoms with Gasteiger partial charge in [-0.3, -0.25) is 4.98 Å². The highest BCUT2D eigenvalue weighted by molar-refractivity contribution is 5.57. The van der Waals surface area contributed by atoms with Gasteiger partial charge in [0.25, 0.3) is 0 Å². The van der Waals surface area contributed by atoms with Gasteiger partial charge in [-0.15, -0.1) is 0 Å². The smallest absolute Gasteiger partial charge is 0.343 e. The highest BCUT2D eigenvalue weighted by Gasteiger charge is 2.46. The Morgan fingerprint density at radius 1 is 1.44 bits per heavy atom. The minimum atomic E-state index is -0.519. The second kappa shape index (κ2) is 6.84. The van der Waals surface area contributed by atoms with Gasteiger partial charge in [-0.05, 0) is 45.7 Å². The van der Waals surface area contributed by atoms with Crippen LogP contribution in [0.1, 0.15) is 39.2 Å². The van der Waals surface area contributed by atoms with E-state index in [9.17, 15) is 9.90 Å². The number of nitrogens with zero attached hydrogens (tertiary/aromatic N) is 1. The van der Waals surface area contributed by atoms with Gasteiger partial charge in [0.15, 0.2) is 0 Å². The molecular formula is C20H23NO4. The predicted octanol–water partition coefficient (Wildman–Crippen LogP) is 3.85. The molecule has 2 aromatic heterocycles. The van der Waals surface area contributed by atoms with Crippen molar-refractivity contribution in [2.75, 3.05) is 0 Å². The van der Waals surface area contributed by atoms with Crippen molar-refractivity contribution in [3.8, 4) is 17.1 Å². The molecule has 0 radical (unpaired) electrons. The number of pyridine rings is 1. The standard InChI is InChI=1S/C20H23NO4/c1-13(7-9-18-20(2,3)25-18)6-8-15-16(22)11-17(24-19(15)23)14-5-4-10-21-12-14/h4-6,10-12,18,22H,7-9H2,1-3H3/b13-6+. The highest BCUT2D eigenvalue weighted by atomic mass is 16.6. The largest absolute Gasteiger partial charge is 0.507 e. The molecule has 1 atom stereocenters. The molecule has 1 aliphatic heterocycles. The van der Waals surface area contributed by atoms with Crippen molar-refractivity contribution in [1.29, 1.82) is 0 Å². The zero-order valence-corrected chi connectivity index (χ0v) is 14.8. The molecule has 2 aromatic rings. The minimum Gasteiger partial charge on any atom is -0.507 e. The molecular weight excluding hydrogens is 318 g/mol. The van der Waals surface area contributed by atoms with Crippen LogP contribution in [-0.2, 0) is 11.2 Å². The van der Waals surface area contributed by atoms with Crippen LogP contribution in [0.3, 0.4) is 0 Å². The lowest BCUT2D eigenvalue weighted by atomic mass is 10.0. The number of aromatic nitrogens is 1. The first-order valence-electron chi connectivity index (χ1n) is 8.46. The average molecular weight is 341 g/mol. The van der Waals surface area contributed by atoms with Gasteiger partial charge in [0, 0.05) is 30.4 Å². The summed E-state index contributed by atoms with van der Waals surface area (Å²) in [6, 6.07) is 4.99. The lowest BCUT2D eigenvalue weighted by Gasteiger charge is -2.05. The average Bonchev–Trinajstić information content (AvgIpc) is 3.19. The molecule has 0 aromatic carbocycles. The maximum Gasteiger partial charge on any atom is 0.343 e. The third kappa shape index (κ3) is 4.17. The van der Waals surface area contributed by atoms with Gasteiger partial charge in [0.1, 0.15) is 11.5 Å². The first kappa shape index (κ1) is 17.4. The molecule has 1 N–H and O–H groups in total. The lowest BCUT2D eigenvalue weighted by molar-refractivity contribution is 0.320. The van der Waals surface area contributed by atoms with Crippen LogP contribution in [0.4, 0.5) is 0 Å². The van der Waals surface area contributed by atoms with Crippen molar-refractivity contribution in [1.82, 2.24) is 4.98 Å². The van der Waals surface area contributed by atoms with Gasteiger partial charge in [-0.1, -0.05) is 11.6 Å². The summed E-state index contributed by atoms with van der Waals surface area (Å²) in [5, 5.41) is 10.2. The van der Waals surface area contributed by atoms with Gasteiger partial charge in [0.05, 0.1) is 17.3 Å². The van der Waals surface area contributed by atoms with E-state index in [2.05, 4.69) is 18.8 Å². The summed E-state index contributed by atoms with van der Waals surface area (Å²) < 4.78 is 10.9. The third-order valence-corrected chi connectivity index (χ3v) is 4.59. The van der Waals surface area contributed by atoms with Crippen molar-refractivity contribution in [3.05, 3.63) is 58.2 Å². The highest BCUT2D eigenvalue weighted by Crippen LogP contribution is 2.39. The normalized spacial score (nSPS) is 19.0. The first-order chi connectivity index (χ1) is 11.9. The zero-order valence-electron chi connectivity index (χ0n) is 14.8. The Kier molecular flexibility index (Phi) is 4.77. The second-order valence-corrected chi connectivity index (χ2v) is 7.01. The van der Waals surface area contributed by atoms with E-state index >= 15 is 0 Å². The van der Waals surface area contributed by atoms with E-state index in [0.717, 1.165) is 12.8 Å². The van der Waals surface area contributed by atoms with Crippen LogP contribution >= 0.6 is 0 Å². The van der Waals surface area contributed by atoms with E-state index in [1.165, 1.54) is 11.6 Å². The molecule has 1 unspecified atom stereocenters. The van der Waals surface area contributed by atoms with Crippen molar-refractivity contribution in [2.45, 2.75) is 51.7 Å². The Labute approximate surface area is 147 Å². The molecule has 3 heterocycles. The lowest BCUT2D eigenvalue weighted by Crippen LogP contribution is -2.07. The summed E-state index contributed by atoms with van der Waals surface area (Å²) >= 11 is 0. The molecule has 1 saturated heterocycles.